The van der Waals surface area contributed by atoms with Gasteiger partial charge < -0.3 is 10.1 Å². The van der Waals surface area contributed by atoms with Crippen LogP contribution < -0.4 is 10.1 Å². The van der Waals surface area contributed by atoms with Crippen molar-refractivity contribution in [2.24, 2.45) is 5.92 Å². The molecular formula is C26H25FN4O2. The van der Waals surface area contributed by atoms with Crippen LogP contribution in [0.4, 0.5) is 10.1 Å². The van der Waals surface area contributed by atoms with Crippen molar-refractivity contribution in [1.82, 2.24) is 14.8 Å². The van der Waals surface area contributed by atoms with Crippen molar-refractivity contribution in [3.05, 3.63) is 89.7 Å². The minimum absolute atomic E-state index is 0.254. The van der Waals surface area contributed by atoms with Gasteiger partial charge in [0.25, 0.3) is 5.91 Å². The molecule has 0 spiro atoms. The third-order valence-electron chi connectivity index (χ3n) is 4.90. The lowest BCUT2D eigenvalue weighted by molar-refractivity contribution is 0.102. The Morgan fingerprint density at radius 2 is 1.79 bits per heavy atom. The number of amides is 1. The van der Waals surface area contributed by atoms with Gasteiger partial charge in [-0.2, -0.15) is 4.98 Å². The summed E-state index contributed by atoms with van der Waals surface area (Å²) in [6.07, 6.45) is 0. The van der Waals surface area contributed by atoms with Gasteiger partial charge in [0.05, 0.1) is 12.3 Å². The van der Waals surface area contributed by atoms with Crippen LogP contribution in [0.5, 0.6) is 6.01 Å². The van der Waals surface area contributed by atoms with E-state index in [0.717, 1.165) is 16.8 Å². The van der Waals surface area contributed by atoms with Crippen molar-refractivity contribution in [3.63, 3.8) is 0 Å². The highest BCUT2D eigenvalue weighted by molar-refractivity contribution is 6.04. The molecule has 0 unspecified atom stereocenters. The van der Waals surface area contributed by atoms with E-state index in [9.17, 15) is 9.18 Å². The van der Waals surface area contributed by atoms with Crippen LogP contribution in [-0.4, -0.2) is 27.3 Å². The van der Waals surface area contributed by atoms with Gasteiger partial charge in [0, 0.05) is 16.8 Å². The Morgan fingerprint density at radius 3 is 2.45 bits per heavy atom. The number of benzene rings is 3. The van der Waals surface area contributed by atoms with Crippen molar-refractivity contribution in [3.8, 4) is 23.1 Å². The van der Waals surface area contributed by atoms with Gasteiger partial charge in [0.2, 0.25) is 0 Å². The molecule has 0 radical (unpaired) electrons. The van der Waals surface area contributed by atoms with E-state index in [0.29, 0.717) is 30.0 Å². The lowest BCUT2D eigenvalue weighted by atomic mass is 10.1. The molecule has 4 rings (SSSR count). The van der Waals surface area contributed by atoms with Crippen LogP contribution in [0.1, 0.15) is 29.8 Å². The van der Waals surface area contributed by atoms with Gasteiger partial charge in [-0.15, -0.1) is 5.10 Å². The molecule has 3 aromatic carbocycles. The Kier molecular flexibility index (Phi) is 6.49. The topological polar surface area (TPSA) is 69.0 Å². The first-order valence-electron chi connectivity index (χ1n) is 10.7. The molecule has 6 nitrogen and oxygen atoms in total. The molecule has 0 bridgehead atoms. The molecule has 0 fully saturated rings. The van der Waals surface area contributed by atoms with Crippen molar-refractivity contribution in [2.45, 2.75) is 20.8 Å². The summed E-state index contributed by atoms with van der Waals surface area (Å²) in [5, 5.41) is 7.33. The molecule has 1 aromatic heterocycles. The van der Waals surface area contributed by atoms with Crippen LogP contribution in [-0.2, 0) is 0 Å². The number of rotatable bonds is 7. The Bertz CT molecular complexity index is 1250. The van der Waals surface area contributed by atoms with Gasteiger partial charge in [-0.05, 0) is 55.3 Å². The zero-order valence-electron chi connectivity index (χ0n) is 18.7. The second-order valence-corrected chi connectivity index (χ2v) is 8.21. The third kappa shape index (κ3) is 5.44. The summed E-state index contributed by atoms with van der Waals surface area (Å²) in [5.41, 5.74) is 3.67. The number of ether oxygens (including phenoxy) is 1. The standard InChI is InChI=1S/C26H25FN4O2/c1-17(2)16-33-26-29-24(19-9-7-18(3)8-10-19)31(30-26)23-13-11-22(12-14-23)28-25(32)20-5-4-6-21(27)15-20/h4-15,17H,16H2,1-3H3,(H,28,32). The lowest BCUT2D eigenvalue weighted by Gasteiger charge is -2.09. The SMILES string of the molecule is Cc1ccc(-c2nc(OCC(C)C)nn2-c2ccc(NC(=O)c3cccc(F)c3)cc2)cc1. The van der Waals surface area contributed by atoms with Crippen LogP contribution in [0.15, 0.2) is 72.8 Å². The number of carbonyl (C=O) groups is 1. The first kappa shape index (κ1) is 22.2. The van der Waals surface area contributed by atoms with Gasteiger partial charge in [-0.1, -0.05) is 49.7 Å². The number of nitrogens with one attached hydrogen (secondary N) is 1. The molecule has 33 heavy (non-hydrogen) atoms. The van der Waals surface area contributed by atoms with E-state index in [-0.39, 0.29) is 11.5 Å². The molecule has 0 aliphatic rings. The van der Waals surface area contributed by atoms with Gasteiger partial charge in [-0.3, -0.25) is 4.79 Å². The van der Waals surface area contributed by atoms with Crippen molar-refractivity contribution in [2.75, 3.05) is 11.9 Å². The normalized spacial score (nSPS) is 10.9. The summed E-state index contributed by atoms with van der Waals surface area (Å²) in [4.78, 5) is 17.0. The largest absolute Gasteiger partial charge is 0.462 e. The highest BCUT2D eigenvalue weighted by Crippen LogP contribution is 2.25. The third-order valence-corrected chi connectivity index (χ3v) is 4.90. The average molecular weight is 445 g/mol. The van der Waals surface area contributed by atoms with Crippen LogP contribution in [0.3, 0.4) is 0 Å². The first-order valence-corrected chi connectivity index (χ1v) is 10.7. The summed E-state index contributed by atoms with van der Waals surface area (Å²) < 4.78 is 20.9. The monoisotopic (exact) mass is 444 g/mol. The molecule has 4 aromatic rings. The average Bonchev–Trinajstić information content (AvgIpc) is 3.23. The minimum Gasteiger partial charge on any atom is -0.462 e. The highest BCUT2D eigenvalue weighted by atomic mass is 19.1. The van der Waals surface area contributed by atoms with E-state index in [1.165, 1.54) is 18.2 Å². The summed E-state index contributed by atoms with van der Waals surface area (Å²) in [6.45, 7) is 6.67. The molecule has 1 N–H and O–H groups in total. The van der Waals surface area contributed by atoms with E-state index in [4.69, 9.17) is 4.74 Å². The molecule has 0 saturated heterocycles. The van der Waals surface area contributed by atoms with E-state index in [1.54, 1.807) is 22.9 Å². The number of carbonyl (C=O) groups excluding carboxylic acids is 1. The summed E-state index contributed by atoms with van der Waals surface area (Å²) >= 11 is 0. The number of hydrogen-bond acceptors (Lipinski definition) is 4. The number of hydrogen-bond donors (Lipinski definition) is 1. The minimum atomic E-state index is -0.455. The van der Waals surface area contributed by atoms with Crippen molar-refractivity contribution < 1.29 is 13.9 Å². The van der Waals surface area contributed by atoms with E-state index in [2.05, 4.69) is 29.2 Å². The number of halogens is 1. The van der Waals surface area contributed by atoms with E-state index < -0.39 is 5.82 Å². The predicted molar refractivity (Wildman–Crippen MR) is 126 cm³/mol. The van der Waals surface area contributed by atoms with Crippen LogP contribution in [0, 0.1) is 18.7 Å². The number of nitrogens with zero attached hydrogens (tertiary/aromatic N) is 3. The van der Waals surface area contributed by atoms with Gasteiger partial charge in [0.1, 0.15) is 5.82 Å². The number of anilines is 1. The van der Waals surface area contributed by atoms with Crippen molar-refractivity contribution >= 4 is 11.6 Å². The van der Waals surface area contributed by atoms with E-state index >= 15 is 0 Å². The molecule has 0 atom stereocenters. The Balaban J connectivity index is 1.60. The molecule has 168 valence electrons. The molecule has 0 aliphatic carbocycles. The Labute approximate surface area is 192 Å². The smallest absolute Gasteiger partial charge is 0.336 e. The second kappa shape index (κ2) is 9.65. The number of aromatic nitrogens is 3. The molecule has 0 saturated carbocycles. The maximum Gasteiger partial charge on any atom is 0.336 e. The molecule has 0 aliphatic heterocycles. The van der Waals surface area contributed by atoms with Crippen molar-refractivity contribution in [1.29, 1.82) is 0 Å². The first-order chi connectivity index (χ1) is 15.9. The second-order valence-electron chi connectivity index (χ2n) is 8.21. The fourth-order valence-electron chi connectivity index (χ4n) is 3.18. The zero-order valence-corrected chi connectivity index (χ0v) is 18.7. The Morgan fingerprint density at radius 1 is 1.06 bits per heavy atom. The fourth-order valence-corrected chi connectivity index (χ4v) is 3.18. The van der Waals surface area contributed by atoms with Gasteiger partial charge in [0.15, 0.2) is 5.82 Å². The maximum absolute atomic E-state index is 13.4. The zero-order chi connectivity index (χ0) is 23.4. The van der Waals surface area contributed by atoms with Gasteiger partial charge in [-0.25, -0.2) is 9.07 Å². The summed E-state index contributed by atoms with van der Waals surface area (Å²) in [6, 6.07) is 21.1. The molecule has 1 amide bonds. The number of aryl methyl sites for hydroxylation is 1. The predicted octanol–water partition coefficient (Wildman–Crippen LogP) is 5.67. The Hall–Kier alpha value is -4.00. The molecule has 7 heteroatoms. The highest BCUT2D eigenvalue weighted by Gasteiger charge is 2.15. The lowest BCUT2D eigenvalue weighted by Crippen LogP contribution is -2.12. The van der Waals surface area contributed by atoms with Gasteiger partial charge >= 0.3 is 6.01 Å². The summed E-state index contributed by atoms with van der Waals surface area (Å²) in [5.74, 6) is 0.169. The molecule has 1 heterocycles. The fraction of sp³-hybridized carbons (Fsp3) is 0.192. The van der Waals surface area contributed by atoms with E-state index in [1.807, 2.05) is 43.3 Å². The quantitative estimate of drug-likeness (QED) is 0.399. The maximum atomic E-state index is 13.4. The molecular weight excluding hydrogens is 419 g/mol. The summed E-state index contributed by atoms with van der Waals surface area (Å²) in [7, 11) is 0. The van der Waals surface area contributed by atoms with Crippen LogP contribution >= 0.6 is 0 Å². The van der Waals surface area contributed by atoms with Crippen LogP contribution in [0.25, 0.3) is 17.1 Å². The van der Waals surface area contributed by atoms with Crippen LogP contribution in [0.2, 0.25) is 0 Å².